The minimum atomic E-state index is -0.500. The highest BCUT2D eigenvalue weighted by atomic mass is 16.5. The minimum absolute atomic E-state index is 0.151. The zero-order chi connectivity index (χ0) is 11.3. The van der Waals surface area contributed by atoms with Crippen LogP contribution in [0.5, 0.6) is 0 Å². The molecule has 86 valence electrons. The van der Waals surface area contributed by atoms with E-state index in [1.54, 1.807) is 0 Å². The lowest BCUT2D eigenvalue weighted by atomic mass is 9.78. The summed E-state index contributed by atoms with van der Waals surface area (Å²) in [4.78, 5) is 11.9. The first-order valence-corrected chi connectivity index (χ1v) is 5.57. The highest BCUT2D eigenvalue weighted by molar-refractivity contribution is 5.81. The van der Waals surface area contributed by atoms with E-state index < -0.39 is 5.41 Å². The quantitative estimate of drug-likeness (QED) is 0.530. The normalized spacial score (nSPS) is 28.3. The third kappa shape index (κ3) is 2.23. The van der Waals surface area contributed by atoms with Crippen molar-refractivity contribution in [2.75, 3.05) is 20.3 Å². The summed E-state index contributed by atoms with van der Waals surface area (Å²) in [6, 6.07) is 0. The second kappa shape index (κ2) is 5.31. The molecule has 15 heavy (non-hydrogen) atoms. The molecule has 0 aromatic heterocycles. The van der Waals surface area contributed by atoms with Crippen molar-refractivity contribution in [3.8, 4) is 0 Å². The van der Waals surface area contributed by atoms with Gasteiger partial charge in [-0.25, -0.2) is 0 Å². The molecule has 1 aliphatic rings. The standard InChI is InChI=1S/C12H20O3/c1-4-6-10-8-15-9-12(10,7-5-2)11(13)14-3/h6H,4-5,7-9H2,1-3H3/b10-6+. The number of carbonyl (C=O) groups excluding carboxylic acids is 1. The summed E-state index contributed by atoms with van der Waals surface area (Å²) in [7, 11) is 1.45. The van der Waals surface area contributed by atoms with Gasteiger partial charge in [0.1, 0.15) is 5.41 Å². The van der Waals surface area contributed by atoms with Crippen LogP contribution in [0.3, 0.4) is 0 Å². The van der Waals surface area contributed by atoms with E-state index in [9.17, 15) is 4.79 Å². The summed E-state index contributed by atoms with van der Waals surface area (Å²) in [5.41, 5.74) is 0.596. The van der Waals surface area contributed by atoms with Crippen molar-refractivity contribution in [2.24, 2.45) is 5.41 Å². The van der Waals surface area contributed by atoms with Gasteiger partial charge in [0.25, 0.3) is 0 Å². The molecule has 3 nitrogen and oxygen atoms in total. The second-order valence-electron chi connectivity index (χ2n) is 3.95. The first-order chi connectivity index (χ1) is 7.21. The summed E-state index contributed by atoms with van der Waals surface area (Å²) < 4.78 is 10.3. The first kappa shape index (κ1) is 12.2. The van der Waals surface area contributed by atoms with Crippen LogP contribution in [-0.2, 0) is 14.3 Å². The molecule has 1 heterocycles. The van der Waals surface area contributed by atoms with Crippen molar-refractivity contribution in [1.82, 2.24) is 0 Å². The topological polar surface area (TPSA) is 35.5 Å². The number of allylic oxidation sites excluding steroid dienone is 1. The predicted octanol–water partition coefficient (Wildman–Crippen LogP) is 2.31. The number of hydrogen-bond donors (Lipinski definition) is 0. The van der Waals surface area contributed by atoms with Gasteiger partial charge in [0, 0.05) is 0 Å². The van der Waals surface area contributed by atoms with Crippen LogP contribution in [0.25, 0.3) is 0 Å². The number of hydrogen-bond acceptors (Lipinski definition) is 3. The van der Waals surface area contributed by atoms with Gasteiger partial charge in [-0.15, -0.1) is 0 Å². The molecule has 0 spiro atoms. The van der Waals surface area contributed by atoms with Gasteiger partial charge in [0.15, 0.2) is 0 Å². The molecule has 0 amide bonds. The molecular formula is C12H20O3. The summed E-state index contributed by atoms with van der Waals surface area (Å²) in [5.74, 6) is -0.151. The van der Waals surface area contributed by atoms with Gasteiger partial charge >= 0.3 is 5.97 Å². The number of methoxy groups -OCH3 is 1. The second-order valence-corrected chi connectivity index (χ2v) is 3.95. The van der Waals surface area contributed by atoms with Crippen LogP contribution in [-0.4, -0.2) is 26.3 Å². The van der Waals surface area contributed by atoms with Crippen LogP contribution >= 0.6 is 0 Å². The van der Waals surface area contributed by atoms with Crippen LogP contribution < -0.4 is 0 Å². The molecule has 1 atom stereocenters. The van der Waals surface area contributed by atoms with Crippen LogP contribution in [0.15, 0.2) is 11.6 Å². The van der Waals surface area contributed by atoms with Gasteiger partial charge in [-0.05, 0) is 18.4 Å². The van der Waals surface area contributed by atoms with Crippen molar-refractivity contribution in [2.45, 2.75) is 33.1 Å². The van der Waals surface area contributed by atoms with E-state index in [1.165, 1.54) is 7.11 Å². The summed E-state index contributed by atoms with van der Waals surface area (Å²) in [6.45, 7) is 5.19. The Kier molecular flexibility index (Phi) is 4.33. The molecule has 0 radical (unpaired) electrons. The van der Waals surface area contributed by atoms with Gasteiger partial charge in [-0.2, -0.15) is 0 Å². The van der Waals surface area contributed by atoms with Gasteiger partial charge in [-0.3, -0.25) is 4.79 Å². The third-order valence-electron chi connectivity index (χ3n) is 2.92. The van der Waals surface area contributed by atoms with Crippen LogP contribution in [0.2, 0.25) is 0 Å². The molecule has 0 bridgehead atoms. The Morgan fingerprint density at radius 2 is 2.33 bits per heavy atom. The van der Waals surface area contributed by atoms with Gasteiger partial charge in [0.2, 0.25) is 0 Å². The molecule has 1 saturated heterocycles. The SMILES string of the molecule is CC/C=C1\COCC1(CCC)C(=O)OC. The predicted molar refractivity (Wildman–Crippen MR) is 58.6 cm³/mol. The lowest BCUT2D eigenvalue weighted by Gasteiger charge is -2.25. The molecule has 0 aromatic carbocycles. The fourth-order valence-electron chi connectivity index (χ4n) is 2.21. The van der Waals surface area contributed by atoms with Gasteiger partial charge < -0.3 is 9.47 Å². The van der Waals surface area contributed by atoms with E-state index in [-0.39, 0.29) is 5.97 Å². The number of carbonyl (C=O) groups is 1. The lowest BCUT2D eigenvalue weighted by molar-refractivity contribution is -0.151. The summed E-state index contributed by atoms with van der Waals surface area (Å²) in [5, 5.41) is 0. The molecule has 1 aliphatic heterocycles. The van der Waals surface area contributed by atoms with Crippen LogP contribution in [0.1, 0.15) is 33.1 Å². The molecule has 1 fully saturated rings. The zero-order valence-electron chi connectivity index (χ0n) is 9.84. The largest absolute Gasteiger partial charge is 0.468 e. The minimum Gasteiger partial charge on any atom is -0.468 e. The average Bonchev–Trinajstić information content (AvgIpc) is 2.63. The summed E-state index contributed by atoms with van der Waals surface area (Å²) >= 11 is 0. The number of esters is 1. The highest BCUT2D eigenvalue weighted by Crippen LogP contribution is 2.39. The average molecular weight is 212 g/mol. The van der Waals surface area contributed by atoms with E-state index >= 15 is 0 Å². The van der Waals surface area contributed by atoms with E-state index in [1.807, 2.05) is 0 Å². The number of ether oxygens (including phenoxy) is 2. The van der Waals surface area contributed by atoms with Crippen molar-refractivity contribution >= 4 is 5.97 Å². The third-order valence-corrected chi connectivity index (χ3v) is 2.92. The Balaban J connectivity index is 2.97. The Hall–Kier alpha value is -0.830. The Morgan fingerprint density at radius 3 is 2.87 bits per heavy atom. The number of rotatable bonds is 4. The maximum absolute atomic E-state index is 11.9. The van der Waals surface area contributed by atoms with Crippen molar-refractivity contribution in [1.29, 1.82) is 0 Å². The van der Waals surface area contributed by atoms with E-state index in [4.69, 9.17) is 9.47 Å². The van der Waals surface area contributed by atoms with Crippen molar-refractivity contribution in [3.63, 3.8) is 0 Å². The Bertz CT molecular complexity index is 258. The van der Waals surface area contributed by atoms with Crippen LogP contribution in [0, 0.1) is 5.41 Å². The van der Waals surface area contributed by atoms with E-state index in [0.717, 1.165) is 24.8 Å². The molecule has 1 rings (SSSR count). The van der Waals surface area contributed by atoms with Crippen molar-refractivity contribution in [3.05, 3.63) is 11.6 Å². The smallest absolute Gasteiger partial charge is 0.318 e. The molecule has 0 N–H and O–H groups in total. The maximum atomic E-state index is 11.9. The molecule has 3 heteroatoms. The maximum Gasteiger partial charge on any atom is 0.318 e. The molecule has 0 saturated carbocycles. The molecule has 1 unspecified atom stereocenters. The Morgan fingerprint density at radius 1 is 1.60 bits per heavy atom. The van der Waals surface area contributed by atoms with Crippen LogP contribution in [0.4, 0.5) is 0 Å². The highest BCUT2D eigenvalue weighted by Gasteiger charge is 2.46. The van der Waals surface area contributed by atoms with Gasteiger partial charge in [0.05, 0.1) is 20.3 Å². The first-order valence-electron chi connectivity index (χ1n) is 5.57. The molecule has 0 aliphatic carbocycles. The van der Waals surface area contributed by atoms with Crippen molar-refractivity contribution < 1.29 is 14.3 Å². The zero-order valence-corrected chi connectivity index (χ0v) is 9.84. The summed E-state index contributed by atoms with van der Waals surface area (Å²) in [6.07, 6.45) is 4.80. The van der Waals surface area contributed by atoms with Gasteiger partial charge in [-0.1, -0.05) is 26.3 Å². The van der Waals surface area contributed by atoms with E-state index in [0.29, 0.717) is 13.2 Å². The molecular weight excluding hydrogens is 192 g/mol. The monoisotopic (exact) mass is 212 g/mol. The fraction of sp³-hybridized carbons (Fsp3) is 0.750. The fourth-order valence-corrected chi connectivity index (χ4v) is 2.21. The molecule has 0 aromatic rings. The lowest BCUT2D eigenvalue weighted by Crippen LogP contribution is -2.34. The van der Waals surface area contributed by atoms with E-state index in [2.05, 4.69) is 19.9 Å². The Labute approximate surface area is 91.4 Å².